The molecule has 0 saturated heterocycles. The molecule has 5 nitrogen and oxygen atoms in total. The summed E-state index contributed by atoms with van der Waals surface area (Å²) in [4.78, 5) is 14.5. The molecule has 2 aromatic carbocycles. The van der Waals surface area contributed by atoms with E-state index in [0.717, 1.165) is 15.6 Å². The summed E-state index contributed by atoms with van der Waals surface area (Å²) in [5.41, 5.74) is 2.28. The van der Waals surface area contributed by atoms with Crippen LogP contribution in [0.4, 0.5) is 5.82 Å². The van der Waals surface area contributed by atoms with Crippen LogP contribution in [0.2, 0.25) is 0 Å². The minimum atomic E-state index is -0.271. The number of hydrogen-bond acceptors (Lipinski definition) is 4. The molecule has 0 fully saturated rings. The Morgan fingerprint density at radius 1 is 0.923 bits per heavy atom. The number of amides is 1. The third-order valence-electron chi connectivity index (χ3n) is 3.95. The molecule has 0 aliphatic carbocycles. The summed E-state index contributed by atoms with van der Waals surface area (Å²) in [6.45, 7) is 0. The van der Waals surface area contributed by atoms with Crippen molar-refractivity contribution in [3.8, 4) is 0 Å². The first-order valence-corrected chi connectivity index (χ1v) is 8.96. The Balaban J connectivity index is 1.88. The zero-order valence-corrected chi connectivity index (χ0v) is 16.1. The molecule has 132 valence electrons. The Labute approximate surface area is 161 Å². The Morgan fingerprint density at radius 2 is 1.58 bits per heavy atom. The zero-order chi connectivity index (χ0) is 18.5. The molecular weight excluding hydrogens is 392 g/mol. The van der Waals surface area contributed by atoms with E-state index in [1.807, 2.05) is 73.6 Å². The van der Waals surface area contributed by atoms with Gasteiger partial charge >= 0.3 is 0 Å². The number of anilines is 1. The smallest absolute Gasteiger partial charge is 0.272 e. The van der Waals surface area contributed by atoms with Crippen LogP contribution >= 0.6 is 15.9 Å². The van der Waals surface area contributed by atoms with Gasteiger partial charge in [0.15, 0.2) is 11.5 Å². The lowest BCUT2D eigenvalue weighted by atomic mass is 9.98. The summed E-state index contributed by atoms with van der Waals surface area (Å²) >= 11 is 3.45. The van der Waals surface area contributed by atoms with E-state index >= 15 is 0 Å². The van der Waals surface area contributed by atoms with Gasteiger partial charge in [0.1, 0.15) is 0 Å². The second-order valence-corrected chi connectivity index (χ2v) is 6.96. The van der Waals surface area contributed by atoms with Crippen LogP contribution in [-0.2, 0) is 0 Å². The highest BCUT2D eigenvalue weighted by Crippen LogP contribution is 2.24. The lowest BCUT2D eigenvalue weighted by Gasteiger charge is -2.20. The van der Waals surface area contributed by atoms with Crippen molar-refractivity contribution >= 4 is 27.7 Å². The van der Waals surface area contributed by atoms with Gasteiger partial charge in [0.05, 0.1) is 6.04 Å². The van der Waals surface area contributed by atoms with Crippen molar-refractivity contribution < 1.29 is 4.79 Å². The van der Waals surface area contributed by atoms with Crippen molar-refractivity contribution in [3.63, 3.8) is 0 Å². The van der Waals surface area contributed by atoms with Crippen molar-refractivity contribution in [2.45, 2.75) is 6.04 Å². The maximum absolute atomic E-state index is 12.7. The number of aromatic nitrogens is 2. The van der Waals surface area contributed by atoms with Gasteiger partial charge in [-0.25, -0.2) is 0 Å². The van der Waals surface area contributed by atoms with Crippen LogP contribution in [0.3, 0.4) is 0 Å². The van der Waals surface area contributed by atoms with Gasteiger partial charge in [0.2, 0.25) is 0 Å². The molecule has 1 amide bonds. The standard InChI is InChI=1S/C20H19BrN4O/c1-25(2)18-13-12-17(23-24-18)20(26)22-19(14-6-4-3-5-7-14)15-8-10-16(21)11-9-15/h3-13,19H,1-2H3,(H,22,26). The summed E-state index contributed by atoms with van der Waals surface area (Å²) in [6.07, 6.45) is 0. The topological polar surface area (TPSA) is 58.1 Å². The molecule has 0 spiro atoms. The molecule has 3 aromatic rings. The number of halogens is 1. The van der Waals surface area contributed by atoms with E-state index < -0.39 is 0 Å². The van der Waals surface area contributed by atoms with Gasteiger partial charge < -0.3 is 10.2 Å². The molecule has 3 rings (SSSR count). The summed E-state index contributed by atoms with van der Waals surface area (Å²) < 4.78 is 0.990. The van der Waals surface area contributed by atoms with Crippen molar-refractivity contribution in [2.75, 3.05) is 19.0 Å². The monoisotopic (exact) mass is 410 g/mol. The lowest BCUT2D eigenvalue weighted by Crippen LogP contribution is -2.30. The van der Waals surface area contributed by atoms with E-state index in [9.17, 15) is 4.79 Å². The van der Waals surface area contributed by atoms with Crippen LogP contribution in [0.5, 0.6) is 0 Å². The predicted molar refractivity (Wildman–Crippen MR) is 106 cm³/mol. The van der Waals surface area contributed by atoms with E-state index in [1.165, 1.54) is 0 Å². The van der Waals surface area contributed by atoms with Crippen molar-refractivity contribution in [1.82, 2.24) is 15.5 Å². The quantitative estimate of drug-likeness (QED) is 0.694. The highest BCUT2D eigenvalue weighted by atomic mass is 79.9. The molecule has 0 saturated carbocycles. The van der Waals surface area contributed by atoms with Crippen molar-refractivity contribution in [3.05, 3.63) is 88.0 Å². The Kier molecular flexibility index (Phi) is 5.63. The van der Waals surface area contributed by atoms with Crippen LogP contribution in [0.1, 0.15) is 27.7 Å². The van der Waals surface area contributed by atoms with E-state index in [4.69, 9.17) is 0 Å². The third-order valence-corrected chi connectivity index (χ3v) is 4.48. The number of nitrogens with one attached hydrogen (secondary N) is 1. The number of carbonyl (C=O) groups is 1. The SMILES string of the molecule is CN(C)c1ccc(C(=O)NC(c2ccccc2)c2ccc(Br)cc2)nn1. The predicted octanol–water partition coefficient (Wildman–Crippen LogP) is 3.82. The minimum Gasteiger partial charge on any atom is -0.361 e. The van der Waals surface area contributed by atoms with E-state index in [1.54, 1.807) is 12.1 Å². The van der Waals surface area contributed by atoms with E-state index in [-0.39, 0.29) is 17.6 Å². The Morgan fingerprint density at radius 3 is 2.15 bits per heavy atom. The number of rotatable bonds is 5. The number of hydrogen-bond donors (Lipinski definition) is 1. The molecule has 1 N–H and O–H groups in total. The molecule has 0 bridgehead atoms. The first-order chi connectivity index (χ1) is 12.5. The Hall–Kier alpha value is -2.73. The maximum atomic E-state index is 12.7. The number of benzene rings is 2. The average Bonchev–Trinajstić information content (AvgIpc) is 2.67. The van der Waals surface area contributed by atoms with Gasteiger partial charge in [-0.3, -0.25) is 4.79 Å². The fourth-order valence-corrected chi connectivity index (χ4v) is 2.81. The van der Waals surface area contributed by atoms with Gasteiger partial charge in [0.25, 0.3) is 5.91 Å². The van der Waals surface area contributed by atoms with E-state index in [2.05, 4.69) is 31.4 Å². The summed E-state index contributed by atoms with van der Waals surface area (Å²) in [7, 11) is 3.76. The molecule has 1 aromatic heterocycles. The number of nitrogens with zero attached hydrogens (tertiary/aromatic N) is 3. The lowest BCUT2D eigenvalue weighted by molar-refractivity contribution is 0.0937. The molecule has 1 heterocycles. The second kappa shape index (κ2) is 8.10. The molecule has 0 aliphatic rings. The first-order valence-electron chi connectivity index (χ1n) is 8.17. The largest absolute Gasteiger partial charge is 0.361 e. The normalized spacial score (nSPS) is 11.7. The summed E-state index contributed by atoms with van der Waals surface area (Å²) in [5.74, 6) is 0.439. The molecule has 0 radical (unpaired) electrons. The minimum absolute atomic E-state index is 0.264. The van der Waals surface area contributed by atoms with Gasteiger partial charge in [0, 0.05) is 18.6 Å². The van der Waals surface area contributed by atoms with E-state index in [0.29, 0.717) is 5.82 Å². The molecule has 1 atom stereocenters. The van der Waals surface area contributed by atoms with Crippen LogP contribution in [0.25, 0.3) is 0 Å². The fraction of sp³-hybridized carbons (Fsp3) is 0.150. The fourth-order valence-electron chi connectivity index (χ4n) is 2.55. The van der Waals surface area contributed by atoms with Gasteiger partial charge in [-0.1, -0.05) is 58.4 Å². The highest BCUT2D eigenvalue weighted by Gasteiger charge is 2.19. The molecule has 1 unspecified atom stereocenters. The Bertz CT molecular complexity index is 865. The van der Waals surface area contributed by atoms with Gasteiger partial charge in [-0.2, -0.15) is 0 Å². The highest BCUT2D eigenvalue weighted by molar-refractivity contribution is 9.10. The summed E-state index contributed by atoms with van der Waals surface area (Å²) in [6, 6.07) is 20.9. The maximum Gasteiger partial charge on any atom is 0.272 e. The molecule has 26 heavy (non-hydrogen) atoms. The van der Waals surface area contributed by atoms with Crippen molar-refractivity contribution in [1.29, 1.82) is 0 Å². The third kappa shape index (κ3) is 4.26. The van der Waals surface area contributed by atoms with Crippen LogP contribution in [0, 0.1) is 0 Å². The van der Waals surface area contributed by atoms with Crippen LogP contribution < -0.4 is 10.2 Å². The van der Waals surface area contributed by atoms with Crippen LogP contribution in [-0.4, -0.2) is 30.2 Å². The summed E-state index contributed by atoms with van der Waals surface area (Å²) in [5, 5.41) is 11.2. The van der Waals surface area contributed by atoms with Crippen molar-refractivity contribution in [2.24, 2.45) is 0 Å². The second-order valence-electron chi connectivity index (χ2n) is 6.04. The average molecular weight is 411 g/mol. The van der Waals surface area contributed by atoms with Gasteiger partial charge in [-0.05, 0) is 35.4 Å². The molecule has 6 heteroatoms. The first kappa shape index (κ1) is 18.1. The molecular formula is C20H19BrN4O. The zero-order valence-electron chi connectivity index (χ0n) is 14.6. The van der Waals surface area contributed by atoms with Gasteiger partial charge in [-0.15, -0.1) is 10.2 Å². The van der Waals surface area contributed by atoms with Crippen LogP contribution in [0.15, 0.2) is 71.2 Å². The molecule has 0 aliphatic heterocycles. The number of carbonyl (C=O) groups excluding carboxylic acids is 1.